The van der Waals surface area contributed by atoms with Crippen molar-refractivity contribution < 1.29 is 13.0 Å². The lowest BCUT2D eigenvalue weighted by atomic mass is 10.2. The Kier molecular flexibility index (Phi) is 4.50. The van der Waals surface area contributed by atoms with Crippen molar-refractivity contribution in [1.82, 2.24) is 4.08 Å². The van der Waals surface area contributed by atoms with Gasteiger partial charge in [0.2, 0.25) is 0 Å². The summed E-state index contributed by atoms with van der Waals surface area (Å²) in [7, 11) is -8.03. The zero-order chi connectivity index (χ0) is 14.8. The number of nitrogens with zero attached hydrogens (tertiary/aromatic N) is 2. The van der Waals surface area contributed by atoms with Crippen LogP contribution in [0.3, 0.4) is 0 Å². The lowest BCUT2D eigenvalue weighted by molar-refractivity contribution is 0.456. The highest BCUT2D eigenvalue weighted by Gasteiger charge is 2.37. The second-order valence-electron chi connectivity index (χ2n) is 4.18. The second kappa shape index (κ2) is 5.41. The summed E-state index contributed by atoms with van der Waals surface area (Å²) in [4.78, 5) is -0.115. The van der Waals surface area contributed by atoms with Crippen molar-refractivity contribution in [2.45, 2.75) is 24.8 Å². The van der Waals surface area contributed by atoms with E-state index in [0.717, 1.165) is 0 Å². The topological polar surface area (TPSA) is 130 Å². The molecule has 0 heterocycles. The first-order chi connectivity index (χ1) is 8.60. The standard InChI is InChI=1S/C10H15N4O3PS/c1-8(2)14(18(12,13)15)19(16,17)10-5-3-9(7-11)4-6-10/h3-6,8H,1-2H3,(H4,12,13,15). The molecule has 0 unspecified atom stereocenters. The molecular formula is C10H15N4O3PS. The molecule has 0 saturated carbocycles. The van der Waals surface area contributed by atoms with Crippen LogP contribution >= 0.6 is 7.59 Å². The van der Waals surface area contributed by atoms with E-state index in [4.69, 9.17) is 16.3 Å². The summed E-state index contributed by atoms with van der Waals surface area (Å²) in [6.45, 7) is 3.04. The van der Waals surface area contributed by atoms with Crippen molar-refractivity contribution in [3.05, 3.63) is 29.8 Å². The molecule has 104 valence electrons. The molecule has 9 heteroatoms. The number of rotatable bonds is 4. The monoisotopic (exact) mass is 302 g/mol. The highest BCUT2D eigenvalue weighted by Crippen LogP contribution is 2.39. The predicted octanol–water partition coefficient (Wildman–Crippen LogP) is 0.983. The summed E-state index contributed by atoms with van der Waals surface area (Å²) in [6, 6.07) is 6.42. The third-order valence-corrected chi connectivity index (χ3v) is 6.55. The Hall–Kier alpha value is -1.23. The van der Waals surface area contributed by atoms with Gasteiger partial charge >= 0.3 is 0 Å². The number of sulfonamides is 1. The molecule has 1 rings (SSSR count). The van der Waals surface area contributed by atoms with Crippen molar-refractivity contribution in [3.63, 3.8) is 0 Å². The van der Waals surface area contributed by atoms with Gasteiger partial charge in [0.15, 0.2) is 0 Å². The van der Waals surface area contributed by atoms with Gasteiger partial charge in [-0.1, -0.05) is 0 Å². The minimum absolute atomic E-state index is 0.115. The lowest BCUT2D eigenvalue weighted by Crippen LogP contribution is -2.39. The van der Waals surface area contributed by atoms with Gasteiger partial charge in [-0.2, -0.15) is 5.26 Å². The lowest BCUT2D eigenvalue weighted by Gasteiger charge is -2.28. The first-order valence-electron chi connectivity index (χ1n) is 5.33. The van der Waals surface area contributed by atoms with E-state index in [9.17, 15) is 13.0 Å². The maximum Gasteiger partial charge on any atom is 0.290 e. The molecule has 0 atom stereocenters. The smallest absolute Gasteiger partial charge is 0.270 e. The van der Waals surface area contributed by atoms with Crippen molar-refractivity contribution in [3.8, 4) is 6.07 Å². The molecule has 0 radical (unpaired) electrons. The van der Waals surface area contributed by atoms with Crippen LogP contribution in [0.15, 0.2) is 29.2 Å². The van der Waals surface area contributed by atoms with E-state index in [0.29, 0.717) is 9.64 Å². The third kappa shape index (κ3) is 3.41. The Labute approximate surface area is 112 Å². The molecule has 0 fully saturated rings. The van der Waals surface area contributed by atoms with Gasteiger partial charge in [-0.25, -0.2) is 8.42 Å². The van der Waals surface area contributed by atoms with Crippen LogP contribution in [0.2, 0.25) is 0 Å². The first kappa shape index (κ1) is 15.8. The Balaban J connectivity index is 3.36. The molecule has 0 aliphatic rings. The summed E-state index contributed by atoms with van der Waals surface area (Å²) >= 11 is 0. The normalized spacial score (nSPS) is 12.7. The van der Waals surface area contributed by atoms with Gasteiger partial charge in [-0.05, 0) is 38.1 Å². The van der Waals surface area contributed by atoms with Crippen LogP contribution in [0.4, 0.5) is 0 Å². The van der Waals surface area contributed by atoms with Gasteiger partial charge in [0.05, 0.1) is 16.5 Å². The van der Waals surface area contributed by atoms with Crippen LogP contribution < -0.4 is 11.0 Å². The van der Waals surface area contributed by atoms with Crippen LogP contribution in [-0.4, -0.2) is 18.5 Å². The van der Waals surface area contributed by atoms with E-state index in [1.165, 1.54) is 38.1 Å². The molecule has 1 aromatic rings. The van der Waals surface area contributed by atoms with Crippen LogP contribution in [0.5, 0.6) is 0 Å². The Bertz CT molecular complexity index is 642. The highest BCUT2D eigenvalue weighted by molar-refractivity contribution is 7.94. The Morgan fingerprint density at radius 3 is 2.05 bits per heavy atom. The minimum Gasteiger partial charge on any atom is -0.270 e. The number of nitrogens with two attached hydrogens (primary N) is 2. The highest BCUT2D eigenvalue weighted by atomic mass is 32.2. The molecule has 0 spiro atoms. The van der Waals surface area contributed by atoms with Crippen molar-refractivity contribution in [1.29, 1.82) is 5.26 Å². The van der Waals surface area contributed by atoms with Gasteiger partial charge in [-0.3, -0.25) is 15.6 Å². The molecule has 0 aromatic heterocycles. The second-order valence-corrected chi connectivity index (χ2v) is 8.04. The summed E-state index contributed by atoms with van der Waals surface area (Å²) in [5.41, 5.74) is 10.9. The summed E-state index contributed by atoms with van der Waals surface area (Å²) in [6.07, 6.45) is 0. The maximum absolute atomic E-state index is 12.3. The molecule has 0 bridgehead atoms. The van der Waals surface area contributed by atoms with Gasteiger partial charge < -0.3 is 0 Å². The fraction of sp³-hybridized carbons (Fsp3) is 0.300. The van der Waals surface area contributed by atoms with E-state index in [1.807, 2.05) is 6.07 Å². The first-order valence-corrected chi connectivity index (χ1v) is 8.56. The fourth-order valence-corrected chi connectivity index (χ4v) is 5.22. The van der Waals surface area contributed by atoms with Crippen molar-refractivity contribution in [2.24, 2.45) is 11.0 Å². The van der Waals surface area contributed by atoms with Crippen LogP contribution in [0.25, 0.3) is 0 Å². The van der Waals surface area contributed by atoms with Crippen LogP contribution in [0.1, 0.15) is 19.4 Å². The largest absolute Gasteiger partial charge is 0.290 e. The number of hydrogen-bond donors (Lipinski definition) is 2. The Morgan fingerprint density at radius 2 is 1.74 bits per heavy atom. The third-order valence-electron chi connectivity index (χ3n) is 2.28. The average molecular weight is 302 g/mol. The predicted molar refractivity (Wildman–Crippen MR) is 71.3 cm³/mol. The molecule has 0 aliphatic carbocycles. The summed E-state index contributed by atoms with van der Waals surface area (Å²) in [5.74, 6) is 0. The molecule has 1 aromatic carbocycles. The fourth-order valence-electron chi connectivity index (χ4n) is 1.62. The maximum atomic E-state index is 12.3. The van der Waals surface area contributed by atoms with E-state index in [-0.39, 0.29) is 4.90 Å². The van der Waals surface area contributed by atoms with Crippen LogP contribution in [0, 0.1) is 11.3 Å². The molecule has 4 N–H and O–H groups in total. The van der Waals surface area contributed by atoms with E-state index < -0.39 is 23.7 Å². The summed E-state index contributed by atoms with van der Waals surface area (Å²) < 4.78 is 37.0. The molecule has 0 aliphatic heterocycles. The Morgan fingerprint density at radius 1 is 1.26 bits per heavy atom. The van der Waals surface area contributed by atoms with Gasteiger partial charge in [0, 0.05) is 6.04 Å². The van der Waals surface area contributed by atoms with Gasteiger partial charge in [-0.15, -0.1) is 4.08 Å². The van der Waals surface area contributed by atoms with E-state index in [2.05, 4.69) is 0 Å². The van der Waals surface area contributed by atoms with Crippen LogP contribution in [-0.2, 0) is 14.6 Å². The number of hydrogen-bond acceptors (Lipinski definition) is 4. The molecule has 7 nitrogen and oxygen atoms in total. The van der Waals surface area contributed by atoms with Gasteiger partial charge in [0.25, 0.3) is 17.6 Å². The average Bonchev–Trinajstić information content (AvgIpc) is 2.26. The molecule has 0 amide bonds. The SMILES string of the molecule is CC(C)N(P(N)(N)=O)S(=O)(=O)c1ccc(C#N)cc1. The van der Waals surface area contributed by atoms with E-state index >= 15 is 0 Å². The molecule has 0 saturated heterocycles. The van der Waals surface area contributed by atoms with E-state index in [1.54, 1.807) is 0 Å². The number of benzene rings is 1. The molecular weight excluding hydrogens is 287 g/mol. The summed E-state index contributed by atoms with van der Waals surface area (Å²) in [5, 5.41) is 8.66. The minimum atomic E-state index is -4.07. The van der Waals surface area contributed by atoms with Crippen molar-refractivity contribution in [2.75, 3.05) is 0 Å². The quantitative estimate of drug-likeness (QED) is 0.797. The van der Waals surface area contributed by atoms with Gasteiger partial charge in [0.1, 0.15) is 0 Å². The molecule has 19 heavy (non-hydrogen) atoms. The zero-order valence-electron chi connectivity index (χ0n) is 10.5. The zero-order valence-corrected chi connectivity index (χ0v) is 12.2. The van der Waals surface area contributed by atoms with Crippen molar-refractivity contribution >= 4 is 17.6 Å². The number of nitriles is 1.